The maximum absolute atomic E-state index is 12.6. The van der Waals surface area contributed by atoms with Crippen molar-refractivity contribution < 1.29 is 9.59 Å². The van der Waals surface area contributed by atoms with Crippen molar-refractivity contribution in [2.45, 2.75) is 12.7 Å². The van der Waals surface area contributed by atoms with Gasteiger partial charge in [0.25, 0.3) is 0 Å². The van der Waals surface area contributed by atoms with Gasteiger partial charge >= 0.3 is 0 Å². The Morgan fingerprint density at radius 2 is 1.72 bits per heavy atom. The molecule has 6 heteroatoms. The number of hydrazine groups is 1. The van der Waals surface area contributed by atoms with Gasteiger partial charge in [0.1, 0.15) is 12.7 Å². The van der Waals surface area contributed by atoms with Crippen LogP contribution in [0.5, 0.6) is 0 Å². The first kappa shape index (κ1) is 16.1. The van der Waals surface area contributed by atoms with Gasteiger partial charge in [-0.1, -0.05) is 42.5 Å². The van der Waals surface area contributed by atoms with Crippen molar-refractivity contribution in [1.29, 1.82) is 0 Å². The third kappa shape index (κ3) is 2.77. The summed E-state index contributed by atoms with van der Waals surface area (Å²) in [5, 5.41) is 6.31. The molecule has 0 saturated carbocycles. The number of fused-ring (bicyclic) bond motifs is 2. The van der Waals surface area contributed by atoms with Crippen LogP contribution in [0.4, 0.5) is 0 Å². The Hall–Kier alpha value is -2.44. The van der Waals surface area contributed by atoms with E-state index < -0.39 is 0 Å². The summed E-state index contributed by atoms with van der Waals surface area (Å²) >= 11 is 0. The molecule has 2 saturated heterocycles. The van der Waals surface area contributed by atoms with E-state index >= 15 is 0 Å². The predicted molar refractivity (Wildman–Crippen MR) is 95.3 cm³/mol. The maximum atomic E-state index is 12.6. The van der Waals surface area contributed by atoms with Gasteiger partial charge in [-0.3, -0.25) is 9.59 Å². The van der Waals surface area contributed by atoms with E-state index in [0.29, 0.717) is 19.6 Å². The van der Waals surface area contributed by atoms with Crippen molar-refractivity contribution in [3.63, 3.8) is 0 Å². The van der Waals surface area contributed by atoms with Gasteiger partial charge in [-0.15, -0.1) is 0 Å². The van der Waals surface area contributed by atoms with Crippen molar-refractivity contribution >= 4 is 22.6 Å². The standard InChI is InChI=1S/C19H22N4O2/c1-20-12-19(25)23-13-18(24)22(11-17(23)21(20)2)10-15-8-5-7-14-6-3-4-9-16(14)15/h3-9,17H,10-13H2,1-2H3. The average molecular weight is 338 g/mol. The van der Waals surface area contributed by atoms with Gasteiger partial charge in [0.2, 0.25) is 11.8 Å². The fourth-order valence-electron chi connectivity index (χ4n) is 3.74. The fraction of sp³-hybridized carbons (Fsp3) is 0.368. The first-order chi connectivity index (χ1) is 12.0. The largest absolute Gasteiger partial charge is 0.333 e. The molecule has 6 nitrogen and oxygen atoms in total. The van der Waals surface area contributed by atoms with E-state index in [0.717, 1.165) is 5.56 Å². The molecule has 2 aromatic rings. The summed E-state index contributed by atoms with van der Waals surface area (Å²) in [4.78, 5) is 28.4. The zero-order chi connectivity index (χ0) is 17.6. The number of carbonyl (C=O) groups is 2. The lowest BCUT2D eigenvalue weighted by atomic mass is 10.0. The van der Waals surface area contributed by atoms with E-state index in [1.807, 2.05) is 47.2 Å². The number of hydrogen-bond acceptors (Lipinski definition) is 4. The number of rotatable bonds is 2. The Balaban J connectivity index is 1.60. The van der Waals surface area contributed by atoms with Crippen LogP contribution in [-0.2, 0) is 16.1 Å². The number of carbonyl (C=O) groups excluding carboxylic acids is 2. The Bertz CT molecular complexity index is 832. The fourth-order valence-corrected chi connectivity index (χ4v) is 3.74. The van der Waals surface area contributed by atoms with Crippen molar-refractivity contribution in [2.75, 3.05) is 33.7 Å². The van der Waals surface area contributed by atoms with E-state index in [-0.39, 0.29) is 24.5 Å². The molecular weight excluding hydrogens is 316 g/mol. The summed E-state index contributed by atoms with van der Waals surface area (Å²) in [5.41, 5.74) is 1.14. The summed E-state index contributed by atoms with van der Waals surface area (Å²) in [6, 6.07) is 14.4. The summed E-state index contributed by atoms with van der Waals surface area (Å²) in [6.45, 7) is 1.57. The number of hydrogen-bond donors (Lipinski definition) is 0. The minimum absolute atomic E-state index is 0.00971. The lowest BCUT2D eigenvalue weighted by Crippen LogP contribution is -2.70. The SMILES string of the molecule is CN1CC(=O)N2CC(=O)N(Cc3cccc4ccccc34)CC2N1C. The lowest BCUT2D eigenvalue weighted by Gasteiger charge is -2.50. The molecule has 2 aromatic carbocycles. The first-order valence-electron chi connectivity index (χ1n) is 8.52. The molecule has 0 spiro atoms. The zero-order valence-electron chi connectivity index (χ0n) is 14.6. The van der Waals surface area contributed by atoms with Crippen molar-refractivity contribution in [2.24, 2.45) is 0 Å². The van der Waals surface area contributed by atoms with Crippen LogP contribution in [0.15, 0.2) is 42.5 Å². The molecule has 2 aliphatic rings. The second kappa shape index (κ2) is 6.13. The minimum Gasteiger partial charge on any atom is -0.333 e. The number of piperazine rings is 1. The maximum Gasteiger partial charge on any atom is 0.242 e. The van der Waals surface area contributed by atoms with Gasteiger partial charge in [-0.05, 0) is 16.3 Å². The number of benzene rings is 2. The van der Waals surface area contributed by atoms with Gasteiger partial charge in [-0.2, -0.15) is 0 Å². The summed E-state index contributed by atoms with van der Waals surface area (Å²) in [6.07, 6.45) is -0.0982. The third-order valence-electron chi connectivity index (χ3n) is 5.30. The quantitative estimate of drug-likeness (QED) is 0.824. The summed E-state index contributed by atoms with van der Waals surface area (Å²) in [7, 11) is 3.87. The Kier molecular flexibility index (Phi) is 3.94. The van der Waals surface area contributed by atoms with Gasteiger partial charge in [0.15, 0.2) is 0 Å². The molecule has 0 N–H and O–H groups in total. The van der Waals surface area contributed by atoms with E-state index in [1.54, 1.807) is 4.90 Å². The van der Waals surface area contributed by atoms with Gasteiger partial charge < -0.3 is 9.80 Å². The molecule has 2 fully saturated rings. The molecule has 2 amide bonds. The molecule has 0 aliphatic carbocycles. The molecule has 0 aromatic heterocycles. The van der Waals surface area contributed by atoms with Crippen molar-refractivity contribution in [3.8, 4) is 0 Å². The van der Waals surface area contributed by atoms with Crippen molar-refractivity contribution in [3.05, 3.63) is 48.0 Å². The van der Waals surface area contributed by atoms with E-state index in [9.17, 15) is 9.59 Å². The smallest absolute Gasteiger partial charge is 0.242 e. The van der Waals surface area contributed by atoms with Crippen LogP contribution in [0.3, 0.4) is 0 Å². The molecular formula is C19H22N4O2. The Morgan fingerprint density at radius 3 is 2.56 bits per heavy atom. The van der Waals surface area contributed by atoms with Crippen LogP contribution < -0.4 is 0 Å². The number of amides is 2. The molecule has 4 rings (SSSR count). The normalized spacial score (nSPS) is 22.6. The van der Waals surface area contributed by atoms with E-state index in [2.05, 4.69) is 24.3 Å². The molecule has 2 aliphatic heterocycles. The van der Waals surface area contributed by atoms with Crippen LogP contribution in [0.2, 0.25) is 0 Å². The highest BCUT2D eigenvalue weighted by Gasteiger charge is 2.41. The van der Waals surface area contributed by atoms with Gasteiger partial charge in [0, 0.05) is 20.6 Å². The highest BCUT2D eigenvalue weighted by atomic mass is 16.2. The molecule has 0 radical (unpaired) electrons. The molecule has 0 bridgehead atoms. The second-order valence-electron chi connectivity index (χ2n) is 6.80. The monoisotopic (exact) mass is 338 g/mol. The van der Waals surface area contributed by atoms with Crippen LogP contribution in [0.1, 0.15) is 5.56 Å². The number of nitrogens with zero attached hydrogens (tertiary/aromatic N) is 4. The molecule has 1 unspecified atom stereocenters. The highest BCUT2D eigenvalue weighted by molar-refractivity contribution is 5.89. The van der Waals surface area contributed by atoms with Crippen LogP contribution in [0, 0.1) is 0 Å². The Morgan fingerprint density at radius 1 is 0.960 bits per heavy atom. The molecule has 130 valence electrons. The molecule has 2 heterocycles. The van der Waals surface area contributed by atoms with Crippen molar-refractivity contribution in [1.82, 2.24) is 19.8 Å². The Labute approximate surface area is 147 Å². The summed E-state index contributed by atoms with van der Waals surface area (Å²) < 4.78 is 0. The summed E-state index contributed by atoms with van der Waals surface area (Å²) in [5.74, 6) is 0.0271. The van der Waals surface area contributed by atoms with E-state index in [4.69, 9.17) is 0 Å². The second-order valence-corrected chi connectivity index (χ2v) is 6.80. The van der Waals surface area contributed by atoms with Crippen LogP contribution in [0.25, 0.3) is 10.8 Å². The zero-order valence-corrected chi connectivity index (χ0v) is 14.6. The van der Waals surface area contributed by atoms with Gasteiger partial charge in [-0.25, -0.2) is 10.0 Å². The van der Waals surface area contributed by atoms with Crippen LogP contribution >= 0.6 is 0 Å². The topological polar surface area (TPSA) is 47.1 Å². The van der Waals surface area contributed by atoms with Crippen LogP contribution in [-0.4, -0.2) is 71.5 Å². The van der Waals surface area contributed by atoms with E-state index in [1.165, 1.54) is 10.8 Å². The molecule has 25 heavy (non-hydrogen) atoms. The average Bonchev–Trinajstić information content (AvgIpc) is 2.61. The predicted octanol–water partition coefficient (Wildman–Crippen LogP) is 1.13. The van der Waals surface area contributed by atoms with Gasteiger partial charge in [0.05, 0.1) is 13.1 Å². The lowest BCUT2D eigenvalue weighted by molar-refractivity contribution is -0.184. The highest BCUT2D eigenvalue weighted by Crippen LogP contribution is 2.24. The minimum atomic E-state index is -0.0982. The number of likely N-dealkylation sites (N-methyl/N-ethyl adjacent to an activating group) is 2. The third-order valence-corrected chi connectivity index (χ3v) is 5.30. The molecule has 1 atom stereocenters. The first-order valence-corrected chi connectivity index (χ1v) is 8.52.